The van der Waals surface area contributed by atoms with Crippen LogP contribution in [0.3, 0.4) is 0 Å². The first-order valence-electron chi connectivity index (χ1n) is 9.26. The summed E-state index contributed by atoms with van der Waals surface area (Å²) in [4.78, 5) is 12.9. The zero-order valence-electron chi connectivity index (χ0n) is 14.9. The molecular weight excluding hydrogens is 308 g/mol. The number of fused-ring (bicyclic) bond motifs is 2. The largest absolute Gasteiger partial charge is 0.511 e. The molecule has 1 saturated carbocycles. The number of carbonyl (C=O) groups excluding carboxylic acids is 1. The van der Waals surface area contributed by atoms with Crippen molar-refractivity contribution in [1.29, 1.82) is 0 Å². The van der Waals surface area contributed by atoms with Crippen molar-refractivity contribution in [2.75, 3.05) is 0 Å². The van der Waals surface area contributed by atoms with Crippen LogP contribution in [0.2, 0.25) is 0 Å². The van der Waals surface area contributed by atoms with Gasteiger partial charge in [0.25, 0.3) is 0 Å². The monoisotopic (exact) mass is 332 g/mol. The van der Waals surface area contributed by atoms with Crippen LogP contribution in [0.4, 0.5) is 0 Å². The number of hydrogen-bond acceptors (Lipinski definition) is 2. The fraction of sp³-hybridized carbons (Fsp3) is 0.348. The molecule has 4 rings (SSSR count). The van der Waals surface area contributed by atoms with Gasteiger partial charge in [-0.25, -0.2) is 0 Å². The van der Waals surface area contributed by atoms with Crippen molar-refractivity contribution in [3.8, 4) is 11.1 Å². The number of ketones is 1. The molecule has 1 fully saturated rings. The highest BCUT2D eigenvalue weighted by Crippen LogP contribution is 2.46. The molecule has 0 amide bonds. The van der Waals surface area contributed by atoms with Gasteiger partial charge >= 0.3 is 0 Å². The molecule has 2 bridgehead atoms. The van der Waals surface area contributed by atoms with Gasteiger partial charge < -0.3 is 5.11 Å². The van der Waals surface area contributed by atoms with Crippen molar-refractivity contribution < 1.29 is 9.90 Å². The number of aryl methyl sites for hydroxylation is 2. The standard InChI is InChI=1S/C23H24O2/c1-3-15-8-9-17(16-6-4-14(2)5-7-16)13-20(15)21-22(24)18-10-11-19(12-18)23(21)25/h4-9,13,18-19,24H,3,10-12H2,1-2H3. The van der Waals surface area contributed by atoms with Gasteiger partial charge in [0.1, 0.15) is 5.76 Å². The second-order valence-electron chi connectivity index (χ2n) is 7.42. The minimum Gasteiger partial charge on any atom is -0.511 e. The van der Waals surface area contributed by atoms with E-state index in [9.17, 15) is 9.90 Å². The molecular formula is C23H24O2. The summed E-state index contributed by atoms with van der Waals surface area (Å²) < 4.78 is 0. The van der Waals surface area contributed by atoms with Gasteiger partial charge in [0.2, 0.25) is 0 Å². The van der Waals surface area contributed by atoms with E-state index in [1.807, 2.05) is 0 Å². The van der Waals surface area contributed by atoms with Crippen LogP contribution in [0, 0.1) is 18.8 Å². The second-order valence-corrected chi connectivity index (χ2v) is 7.42. The summed E-state index contributed by atoms with van der Waals surface area (Å²) in [6.45, 7) is 4.18. The Hall–Kier alpha value is -2.35. The number of carbonyl (C=O) groups is 1. The normalized spacial score (nSPS) is 22.6. The third-order valence-corrected chi connectivity index (χ3v) is 5.84. The van der Waals surface area contributed by atoms with E-state index in [1.165, 1.54) is 5.56 Å². The summed E-state index contributed by atoms with van der Waals surface area (Å²) in [5, 5.41) is 10.8. The van der Waals surface area contributed by atoms with E-state index in [0.29, 0.717) is 11.3 Å². The average Bonchev–Trinajstić information content (AvgIpc) is 3.08. The van der Waals surface area contributed by atoms with Crippen molar-refractivity contribution in [3.63, 3.8) is 0 Å². The SMILES string of the molecule is CCc1ccc(-c2ccc(C)cc2)cc1C1=C(O)C2CCC(C2)C1=O. The van der Waals surface area contributed by atoms with Crippen molar-refractivity contribution in [1.82, 2.24) is 0 Å². The predicted octanol–water partition coefficient (Wildman–Crippen LogP) is 5.49. The van der Waals surface area contributed by atoms with E-state index in [0.717, 1.165) is 47.9 Å². The first kappa shape index (κ1) is 16.1. The molecule has 0 saturated heterocycles. The highest BCUT2D eigenvalue weighted by Gasteiger charge is 2.41. The maximum atomic E-state index is 12.9. The summed E-state index contributed by atoms with van der Waals surface area (Å²) in [5.74, 6) is 0.741. The van der Waals surface area contributed by atoms with Crippen LogP contribution in [-0.2, 0) is 11.2 Å². The second kappa shape index (κ2) is 6.18. The van der Waals surface area contributed by atoms with E-state index in [2.05, 4.69) is 56.3 Å². The van der Waals surface area contributed by atoms with Crippen molar-refractivity contribution in [3.05, 3.63) is 64.9 Å². The van der Waals surface area contributed by atoms with Crippen molar-refractivity contribution >= 4 is 11.4 Å². The Balaban J connectivity index is 1.86. The molecule has 2 aliphatic carbocycles. The van der Waals surface area contributed by atoms with Crippen LogP contribution in [0.25, 0.3) is 16.7 Å². The fourth-order valence-corrected chi connectivity index (χ4v) is 4.32. The number of benzene rings is 2. The average molecular weight is 332 g/mol. The molecule has 0 spiro atoms. The molecule has 2 aromatic carbocycles. The van der Waals surface area contributed by atoms with Crippen LogP contribution in [0.1, 0.15) is 42.9 Å². The molecule has 1 N–H and O–H groups in total. The molecule has 0 radical (unpaired) electrons. The molecule has 0 aliphatic heterocycles. The van der Waals surface area contributed by atoms with Crippen LogP contribution in [0.15, 0.2) is 48.2 Å². The lowest BCUT2D eigenvalue weighted by atomic mass is 9.81. The highest BCUT2D eigenvalue weighted by molar-refractivity contribution is 6.23. The Labute approximate surface area is 149 Å². The predicted molar refractivity (Wildman–Crippen MR) is 101 cm³/mol. The van der Waals surface area contributed by atoms with Gasteiger partial charge in [-0.3, -0.25) is 4.79 Å². The van der Waals surface area contributed by atoms with Gasteiger partial charge in [-0.2, -0.15) is 0 Å². The third-order valence-electron chi connectivity index (χ3n) is 5.84. The van der Waals surface area contributed by atoms with Crippen LogP contribution in [0.5, 0.6) is 0 Å². The molecule has 2 heteroatoms. The van der Waals surface area contributed by atoms with Crippen LogP contribution < -0.4 is 0 Å². The molecule has 2 unspecified atom stereocenters. The van der Waals surface area contributed by atoms with Gasteiger partial charge in [0.15, 0.2) is 5.78 Å². The summed E-state index contributed by atoms with van der Waals surface area (Å²) in [6, 6.07) is 14.7. The molecule has 2 aromatic rings. The van der Waals surface area contributed by atoms with E-state index in [4.69, 9.17) is 0 Å². The minimum absolute atomic E-state index is 0.101. The van der Waals surface area contributed by atoms with E-state index >= 15 is 0 Å². The van der Waals surface area contributed by atoms with Gasteiger partial charge in [-0.15, -0.1) is 0 Å². The van der Waals surface area contributed by atoms with E-state index in [1.54, 1.807) is 0 Å². The number of allylic oxidation sites excluding steroid dienone is 2. The van der Waals surface area contributed by atoms with E-state index in [-0.39, 0.29) is 17.6 Å². The maximum Gasteiger partial charge on any atom is 0.169 e. The summed E-state index contributed by atoms with van der Waals surface area (Å²) in [5.41, 5.74) is 6.11. The maximum absolute atomic E-state index is 12.9. The zero-order valence-corrected chi connectivity index (χ0v) is 14.9. The zero-order chi connectivity index (χ0) is 17.6. The first-order valence-corrected chi connectivity index (χ1v) is 9.26. The van der Waals surface area contributed by atoms with Crippen LogP contribution in [-0.4, -0.2) is 10.9 Å². The summed E-state index contributed by atoms with van der Waals surface area (Å²) >= 11 is 0. The highest BCUT2D eigenvalue weighted by atomic mass is 16.3. The Morgan fingerprint density at radius 3 is 2.40 bits per heavy atom. The van der Waals surface area contributed by atoms with Gasteiger partial charge in [0.05, 0.1) is 5.57 Å². The number of aliphatic hydroxyl groups is 1. The topological polar surface area (TPSA) is 37.3 Å². The lowest BCUT2D eigenvalue weighted by molar-refractivity contribution is -0.117. The molecule has 2 nitrogen and oxygen atoms in total. The molecule has 128 valence electrons. The summed E-state index contributed by atoms with van der Waals surface area (Å²) in [6.07, 6.45) is 3.53. The van der Waals surface area contributed by atoms with Gasteiger partial charge in [-0.1, -0.05) is 48.9 Å². The third kappa shape index (κ3) is 2.70. The number of aliphatic hydroxyl groups excluding tert-OH is 1. The van der Waals surface area contributed by atoms with E-state index < -0.39 is 0 Å². The lowest BCUT2D eigenvalue weighted by Crippen LogP contribution is -2.22. The molecule has 0 aromatic heterocycles. The number of rotatable bonds is 3. The minimum atomic E-state index is 0.101. The van der Waals surface area contributed by atoms with Gasteiger partial charge in [-0.05, 0) is 60.9 Å². The van der Waals surface area contributed by atoms with Crippen molar-refractivity contribution in [2.45, 2.75) is 39.5 Å². The molecule has 0 heterocycles. The quantitative estimate of drug-likeness (QED) is 0.806. The van der Waals surface area contributed by atoms with Gasteiger partial charge in [0, 0.05) is 11.8 Å². The Morgan fingerprint density at radius 2 is 1.68 bits per heavy atom. The summed E-state index contributed by atoms with van der Waals surface area (Å²) in [7, 11) is 0. The molecule has 2 atom stereocenters. The lowest BCUT2D eigenvalue weighted by Gasteiger charge is -2.23. The molecule has 2 aliphatic rings. The number of hydrogen-bond donors (Lipinski definition) is 1. The number of Topliss-reactive ketones (excluding diaryl/α,β-unsaturated/α-hetero) is 1. The molecule has 25 heavy (non-hydrogen) atoms. The fourth-order valence-electron chi connectivity index (χ4n) is 4.32. The van der Waals surface area contributed by atoms with Crippen LogP contribution >= 0.6 is 0 Å². The smallest absolute Gasteiger partial charge is 0.169 e. The Bertz CT molecular complexity index is 858. The Morgan fingerprint density at radius 1 is 1.00 bits per heavy atom. The van der Waals surface area contributed by atoms with Crippen molar-refractivity contribution in [2.24, 2.45) is 11.8 Å². The first-order chi connectivity index (χ1) is 12.1. The Kier molecular flexibility index (Phi) is 3.99.